The van der Waals surface area contributed by atoms with E-state index in [1.807, 2.05) is 43.5 Å². The van der Waals surface area contributed by atoms with Gasteiger partial charge in [-0.15, -0.1) is 0 Å². The number of rotatable bonds is 6. The van der Waals surface area contributed by atoms with Crippen molar-refractivity contribution in [3.8, 4) is 5.75 Å². The van der Waals surface area contributed by atoms with Gasteiger partial charge in [0.25, 0.3) is 0 Å². The van der Waals surface area contributed by atoms with Crippen LogP contribution in [-0.4, -0.2) is 18.1 Å². The molecule has 3 nitrogen and oxygen atoms in total. The quantitative estimate of drug-likeness (QED) is 0.879. The van der Waals surface area contributed by atoms with Gasteiger partial charge in [-0.05, 0) is 49.4 Å². The number of likely N-dealkylation sites (N-methyl/N-ethyl adjacent to an activating group) is 1. The Labute approximate surface area is 124 Å². The van der Waals surface area contributed by atoms with Gasteiger partial charge < -0.3 is 10.1 Å². The zero-order chi connectivity index (χ0) is 14.4. The van der Waals surface area contributed by atoms with Crippen molar-refractivity contribution in [3.63, 3.8) is 0 Å². The van der Waals surface area contributed by atoms with Crippen LogP contribution < -0.4 is 10.1 Å². The normalized spacial score (nSPS) is 12.2. The number of nitrogens with one attached hydrogen (secondary N) is 1. The third-order valence-electron chi connectivity index (χ3n) is 3.02. The number of halogens is 1. The van der Waals surface area contributed by atoms with Gasteiger partial charge >= 0.3 is 0 Å². The van der Waals surface area contributed by atoms with Gasteiger partial charge in [-0.1, -0.05) is 24.6 Å². The minimum absolute atomic E-state index is 0.128. The van der Waals surface area contributed by atoms with Crippen LogP contribution in [0.2, 0.25) is 5.02 Å². The topological polar surface area (TPSA) is 34.1 Å². The van der Waals surface area contributed by atoms with Gasteiger partial charge in [0, 0.05) is 16.9 Å². The first-order chi connectivity index (χ1) is 9.69. The van der Waals surface area contributed by atoms with Crippen molar-refractivity contribution in [1.29, 1.82) is 0 Å². The highest BCUT2D eigenvalue weighted by Gasteiger charge is 2.11. The molecule has 4 heteroatoms. The largest absolute Gasteiger partial charge is 0.492 e. The maximum absolute atomic E-state index is 5.86. The molecule has 0 aliphatic heterocycles. The van der Waals surface area contributed by atoms with Gasteiger partial charge in [0.2, 0.25) is 0 Å². The molecule has 1 atom stereocenters. The van der Waals surface area contributed by atoms with Crippen LogP contribution in [0.15, 0.2) is 42.6 Å². The second kappa shape index (κ2) is 7.27. The van der Waals surface area contributed by atoms with Gasteiger partial charge in [0.15, 0.2) is 0 Å². The molecule has 2 aromatic rings. The zero-order valence-corrected chi connectivity index (χ0v) is 12.5. The zero-order valence-electron chi connectivity index (χ0n) is 11.8. The van der Waals surface area contributed by atoms with Crippen molar-refractivity contribution in [2.45, 2.75) is 19.9 Å². The van der Waals surface area contributed by atoms with Crippen LogP contribution in [-0.2, 0) is 0 Å². The van der Waals surface area contributed by atoms with E-state index in [1.165, 1.54) is 0 Å². The molecule has 20 heavy (non-hydrogen) atoms. The Morgan fingerprint density at radius 2 is 1.95 bits per heavy atom. The van der Waals surface area contributed by atoms with E-state index in [-0.39, 0.29) is 6.04 Å². The Balaban J connectivity index is 2.02. The Kier molecular flexibility index (Phi) is 5.39. The van der Waals surface area contributed by atoms with Gasteiger partial charge in [0.05, 0.1) is 6.04 Å². The standard InChI is InChI=1S/C16H19ClN2O/c1-3-18-16(13-5-4-12(2)19-10-13)11-20-15-8-6-14(17)7-9-15/h4-10,16,18H,3,11H2,1-2H3. The first kappa shape index (κ1) is 14.8. The molecule has 1 N–H and O–H groups in total. The minimum Gasteiger partial charge on any atom is -0.492 e. The van der Waals surface area contributed by atoms with Gasteiger partial charge in [-0.25, -0.2) is 0 Å². The summed E-state index contributed by atoms with van der Waals surface area (Å²) in [6.07, 6.45) is 1.90. The lowest BCUT2D eigenvalue weighted by Gasteiger charge is -2.19. The highest BCUT2D eigenvalue weighted by Crippen LogP contribution is 2.18. The third kappa shape index (κ3) is 4.22. The number of aryl methyl sites for hydroxylation is 1. The Hall–Kier alpha value is -1.58. The van der Waals surface area contributed by atoms with Crippen molar-refractivity contribution < 1.29 is 4.74 Å². The molecular formula is C16H19ClN2O. The fourth-order valence-corrected chi connectivity index (χ4v) is 2.04. The number of benzene rings is 1. The highest BCUT2D eigenvalue weighted by molar-refractivity contribution is 6.30. The van der Waals surface area contributed by atoms with Gasteiger partial charge in [-0.2, -0.15) is 0 Å². The maximum atomic E-state index is 5.86. The predicted molar refractivity (Wildman–Crippen MR) is 82.3 cm³/mol. The number of pyridine rings is 1. The second-order valence-corrected chi connectivity index (χ2v) is 5.04. The third-order valence-corrected chi connectivity index (χ3v) is 3.27. The second-order valence-electron chi connectivity index (χ2n) is 4.61. The molecule has 106 valence electrons. The van der Waals surface area contributed by atoms with Crippen molar-refractivity contribution in [2.75, 3.05) is 13.2 Å². The van der Waals surface area contributed by atoms with E-state index in [0.717, 1.165) is 23.6 Å². The number of ether oxygens (including phenoxy) is 1. The van der Waals surface area contributed by atoms with E-state index in [9.17, 15) is 0 Å². The number of hydrogen-bond donors (Lipinski definition) is 1. The molecule has 1 aromatic carbocycles. The summed E-state index contributed by atoms with van der Waals surface area (Å²) in [6, 6.07) is 11.6. The van der Waals surface area contributed by atoms with Crippen LogP contribution in [0.25, 0.3) is 0 Å². The maximum Gasteiger partial charge on any atom is 0.119 e. The van der Waals surface area contributed by atoms with E-state index in [2.05, 4.69) is 23.3 Å². The lowest BCUT2D eigenvalue weighted by Crippen LogP contribution is -2.26. The average Bonchev–Trinajstić information content (AvgIpc) is 2.46. The Morgan fingerprint density at radius 1 is 1.20 bits per heavy atom. The summed E-state index contributed by atoms with van der Waals surface area (Å²) < 4.78 is 5.81. The first-order valence-corrected chi connectivity index (χ1v) is 7.11. The van der Waals surface area contributed by atoms with Crippen LogP contribution in [0.3, 0.4) is 0 Å². The van der Waals surface area contributed by atoms with Crippen LogP contribution in [0, 0.1) is 6.92 Å². The molecule has 0 saturated carbocycles. The Bertz CT molecular complexity index is 525. The molecule has 2 rings (SSSR count). The molecule has 0 aliphatic rings. The average molecular weight is 291 g/mol. The van der Waals surface area contributed by atoms with Gasteiger partial charge in [0.1, 0.15) is 12.4 Å². The molecule has 0 radical (unpaired) electrons. The van der Waals surface area contributed by atoms with Crippen LogP contribution in [0.4, 0.5) is 0 Å². The van der Waals surface area contributed by atoms with Crippen LogP contribution >= 0.6 is 11.6 Å². The summed E-state index contributed by atoms with van der Waals surface area (Å²) in [5, 5.41) is 4.12. The summed E-state index contributed by atoms with van der Waals surface area (Å²) in [7, 11) is 0. The molecule has 0 aliphatic carbocycles. The van der Waals surface area contributed by atoms with Crippen molar-refractivity contribution in [2.24, 2.45) is 0 Å². The lowest BCUT2D eigenvalue weighted by atomic mass is 10.1. The molecule has 1 unspecified atom stereocenters. The predicted octanol–water partition coefficient (Wildman–Crippen LogP) is 3.77. The SMILES string of the molecule is CCNC(COc1ccc(Cl)cc1)c1ccc(C)nc1. The summed E-state index contributed by atoms with van der Waals surface area (Å²) in [6.45, 7) is 5.50. The van der Waals surface area contributed by atoms with E-state index < -0.39 is 0 Å². The van der Waals surface area contributed by atoms with E-state index in [0.29, 0.717) is 11.6 Å². The van der Waals surface area contributed by atoms with E-state index in [1.54, 1.807) is 0 Å². The first-order valence-electron chi connectivity index (χ1n) is 6.73. The smallest absolute Gasteiger partial charge is 0.119 e. The summed E-state index contributed by atoms with van der Waals surface area (Å²) >= 11 is 5.86. The monoisotopic (exact) mass is 290 g/mol. The van der Waals surface area contributed by atoms with Crippen LogP contribution in [0.5, 0.6) is 5.75 Å². The molecular weight excluding hydrogens is 272 g/mol. The molecule has 0 amide bonds. The fraction of sp³-hybridized carbons (Fsp3) is 0.312. The fourth-order valence-electron chi connectivity index (χ4n) is 1.92. The summed E-state index contributed by atoms with van der Waals surface area (Å²) in [5.74, 6) is 0.817. The molecule has 1 aromatic heterocycles. The lowest BCUT2D eigenvalue weighted by molar-refractivity contribution is 0.268. The molecule has 0 fully saturated rings. The van der Waals surface area contributed by atoms with E-state index >= 15 is 0 Å². The van der Waals surface area contributed by atoms with Crippen LogP contribution in [0.1, 0.15) is 24.2 Å². The number of nitrogens with zero attached hydrogens (tertiary/aromatic N) is 1. The molecule has 0 bridgehead atoms. The Morgan fingerprint density at radius 3 is 2.55 bits per heavy atom. The van der Waals surface area contributed by atoms with Crippen molar-refractivity contribution in [1.82, 2.24) is 10.3 Å². The number of hydrogen-bond acceptors (Lipinski definition) is 3. The van der Waals surface area contributed by atoms with Gasteiger partial charge in [-0.3, -0.25) is 4.98 Å². The van der Waals surface area contributed by atoms with Crippen molar-refractivity contribution >= 4 is 11.6 Å². The number of aromatic nitrogens is 1. The minimum atomic E-state index is 0.128. The summed E-state index contributed by atoms with van der Waals surface area (Å²) in [4.78, 5) is 4.34. The van der Waals surface area contributed by atoms with Crippen molar-refractivity contribution in [3.05, 3.63) is 58.9 Å². The molecule has 1 heterocycles. The summed E-state index contributed by atoms with van der Waals surface area (Å²) in [5.41, 5.74) is 2.15. The molecule has 0 saturated heterocycles. The highest BCUT2D eigenvalue weighted by atomic mass is 35.5. The molecule has 0 spiro atoms. The van der Waals surface area contributed by atoms with E-state index in [4.69, 9.17) is 16.3 Å².